The highest BCUT2D eigenvalue weighted by Crippen LogP contribution is 2.23. The second-order valence-corrected chi connectivity index (χ2v) is 9.71. The first kappa shape index (κ1) is 26.7. The summed E-state index contributed by atoms with van der Waals surface area (Å²) in [4.78, 5) is 4.58. The number of benzene rings is 2. The van der Waals surface area contributed by atoms with Gasteiger partial charge in [-0.1, -0.05) is 105 Å². The number of hydrogen-bond acceptors (Lipinski definition) is 3. The number of halogens is 2. The van der Waals surface area contributed by atoms with E-state index in [1.165, 1.54) is 51.4 Å². The Bertz CT molecular complexity index is 972. The van der Waals surface area contributed by atoms with Gasteiger partial charge in [-0.05, 0) is 48.2 Å². The summed E-state index contributed by atoms with van der Waals surface area (Å²) in [5, 5.41) is 9.98. The van der Waals surface area contributed by atoms with Crippen molar-refractivity contribution in [1.29, 1.82) is 0 Å². The molecule has 0 fully saturated rings. The molecule has 3 aromatic rings. The molecule has 1 radical (unpaired) electrons. The fraction of sp³-hybridized carbons (Fsp3) is 0.500. The number of hydrogen-bond donors (Lipinski definition) is 0. The van der Waals surface area contributed by atoms with Gasteiger partial charge in [0.15, 0.2) is 5.82 Å². The minimum Gasteiger partial charge on any atom is -0.334 e. The molecule has 6 heteroatoms. The molecule has 183 valence electrons. The summed E-state index contributed by atoms with van der Waals surface area (Å²) < 4.78 is 5.48. The van der Waals surface area contributed by atoms with Crippen molar-refractivity contribution in [1.82, 2.24) is 15.5 Å². The van der Waals surface area contributed by atoms with Crippen LogP contribution in [0.3, 0.4) is 0 Å². The standard InChI is InChI=1S/C28H36Cl2N3O/c1-2-3-4-5-6-7-8-9-10-11-27-32-28(34-33-27)24-15-12-23(13-16-24)21-31-19-18-22-14-17-25(29)26(30)20-22/h12-17,20H,2-11,18-19,21H2,1H3. The Hall–Kier alpha value is -1.88. The molecule has 2 aromatic carbocycles. The van der Waals surface area contributed by atoms with Crippen molar-refractivity contribution >= 4 is 23.2 Å². The SMILES string of the molecule is CCCCCCCCCCCc1noc(-c2ccc(C[N]CCc3ccc(Cl)c(Cl)c3)cc2)n1. The summed E-state index contributed by atoms with van der Waals surface area (Å²) in [5.74, 6) is 1.40. The van der Waals surface area contributed by atoms with Gasteiger partial charge in [0.2, 0.25) is 0 Å². The molecule has 0 aliphatic carbocycles. The fourth-order valence-corrected chi connectivity index (χ4v) is 4.25. The minimum atomic E-state index is 0.583. The van der Waals surface area contributed by atoms with E-state index in [2.05, 4.69) is 34.5 Å². The number of nitrogens with zero attached hydrogens (tertiary/aromatic N) is 3. The van der Waals surface area contributed by atoms with Crippen LogP contribution >= 0.6 is 23.2 Å². The Kier molecular flexibility index (Phi) is 11.9. The van der Waals surface area contributed by atoms with Crippen LogP contribution in [0.2, 0.25) is 10.0 Å². The summed E-state index contributed by atoms with van der Waals surface area (Å²) in [6.07, 6.45) is 13.6. The monoisotopic (exact) mass is 500 g/mol. The van der Waals surface area contributed by atoms with Gasteiger partial charge in [-0.3, -0.25) is 0 Å². The van der Waals surface area contributed by atoms with Crippen molar-refractivity contribution in [3.63, 3.8) is 0 Å². The van der Waals surface area contributed by atoms with Gasteiger partial charge < -0.3 is 4.52 Å². The predicted molar refractivity (Wildman–Crippen MR) is 142 cm³/mol. The van der Waals surface area contributed by atoms with E-state index in [-0.39, 0.29) is 0 Å². The molecule has 3 rings (SSSR count). The van der Waals surface area contributed by atoms with E-state index < -0.39 is 0 Å². The van der Waals surface area contributed by atoms with Crippen LogP contribution in [0, 0.1) is 0 Å². The molecule has 0 amide bonds. The van der Waals surface area contributed by atoms with Gasteiger partial charge in [0, 0.05) is 25.1 Å². The Morgan fingerprint density at radius 1 is 0.765 bits per heavy atom. The highest BCUT2D eigenvalue weighted by Gasteiger charge is 2.09. The summed E-state index contributed by atoms with van der Waals surface area (Å²) in [5.41, 5.74) is 3.25. The van der Waals surface area contributed by atoms with Crippen molar-refractivity contribution in [3.05, 3.63) is 69.5 Å². The second-order valence-electron chi connectivity index (χ2n) is 8.89. The highest BCUT2D eigenvalue weighted by molar-refractivity contribution is 6.42. The first-order chi connectivity index (χ1) is 16.7. The zero-order valence-electron chi connectivity index (χ0n) is 20.2. The van der Waals surface area contributed by atoms with Gasteiger partial charge in [-0.25, -0.2) is 5.32 Å². The first-order valence-electron chi connectivity index (χ1n) is 12.6. The first-order valence-corrected chi connectivity index (χ1v) is 13.4. The molecule has 0 unspecified atom stereocenters. The number of unbranched alkanes of at least 4 members (excludes halogenated alkanes) is 8. The van der Waals surface area contributed by atoms with Crippen molar-refractivity contribution in [2.75, 3.05) is 6.54 Å². The van der Waals surface area contributed by atoms with E-state index in [9.17, 15) is 0 Å². The predicted octanol–water partition coefficient (Wildman–Crippen LogP) is 8.46. The topological polar surface area (TPSA) is 53.0 Å². The van der Waals surface area contributed by atoms with Crippen LogP contribution < -0.4 is 5.32 Å². The normalized spacial score (nSPS) is 11.3. The molecule has 0 saturated heterocycles. The smallest absolute Gasteiger partial charge is 0.257 e. The molecule has 0 spiro atoms. The molecule has 1 aromatic heterocycles. The molecule has 34 heavy (non-hydrogen) atoms. The lowest BCUT2D eigenvalue weighted by Gasteiger charge is -2.05. The molecular weight excluding hydrogens is 465 g/mol. The summed E-state index contributed by atoms with van der Waals surface area (Å²) in [7, 11) is 0. The Morgan fingerprint density at radius 3 is 2.15 bits per heavy atom. The lowest BCUT2D eigenvalue weighted by Crippen LogP contribution is -2.09. The number of rotatable bonds is 16. The van der Waals surface area contributed by atoms with Crippen LogP contribution in [0.25, 0.3) is 11.5 Å². The Labute approximate surface area is 214 Å². The zero-order chi connectivity index (χ0) is 24.0. The van der Waals surface area contributed by atoms with E-state index in [1.807, 2.05) is 30.3 Å². The average molecular weight is 502 g/mol. The molecule has 0 N–H and O–H groups in total. The maximum absolute atomic E-state index is 6.07. The van der Waals surface area contributed by atoms with Gasteiger partial charge in [-0.2, -0.15) is 4.98 Å². The molecule has 0 aliphatic rings. The van der Waals surface area contributed by atoms with Gasteiger partial charge in [0.05, 0.1) is 10.0 Å². The van der Waals surface area contributed by atoms with Crippen molar-refractivity contribution in [2.45, 2.75) is 84.1 Å². The van der Waals surface area contributed by atoms with Crippen LogP contribution in [0.4, 0.5) is 0 Å². The summed E-state index contributed by atoms with van der Waals surface area (Å²) >= 11 is 12.0. The summed E-state index contributed by atoms with van der Waals surface area (Å²) in [6, 6.07) is 13.9. The number of aromatic nitrogens is 2. The molecule has 1 heterocycles. The summed E-state index contributed by atoms with van der Waals surface area (Å²) in [6.45, 7) is 3.68. The quantitative estimate of drug-likeness (QED) is 0.185. The average Bonchev–Trinajstić information content (AvgIpc) is 3.32. The van der Waals surface area contributed by atoms with Gasteiger partial charge in [0.25, 0.3) is 5.89 Å². The maximum atomic E-state index is 6.07. The second kappa shape index (κ2) is 15.2. The molecular formula is C28H36Cl2N3O. The van der Waals surface area contributed by atoms with E-state index in [1.54, 1.807) is 0 Å². The van der Waals surface area contributed by atoms with Crippen molar-refractivity contribution < 1.29 is 4.52 Å². The highest BCUT2D eigenvalue weighted by atomic mass is 35.5. The third-order valence-corrected chi connectivity index (χ3v) is 6.75. The van der Waals surface area contributed by atoms with E-state index in [4.69, 9.17) is 27.7 Å². The Balaban J connectivity index is 1.32. The molecule has 0 saturated carbocycles. The van der Waals surface area contributed by atoms with Crippen LogP contribution in [-0.4, -0.2) is 16.7 Å². The van der Waals surface area contributed by atoms with E-state index >= 15 is 0 Å². The lowest BCUT2D eigenvalue weighted by molar-refractivity contribution is 0.421. The van der Waals surface area contributed by atoms with Crippen LogP contribution in [-0.2, 0) is 19.4 Å². The zero-order valence-corrected chi connectivity index (χ0v) is 21.8. The van der Waals surface area contributed by atoms with Crippen LogP contribution in [0.1, 0.15) is 81.7 Å². The molecule has 4 nitrogen and oxygen atoms in total. The van der Waals surface area contributed by atoms with Gasteiger partial charge in [0.1, 0.15) is 0 Å². The molecule has 0 aliphatic heterocycles. The van der Waals surface area contributed by atoms with E-state index in [0.29, 0.717) is 22.5 Å². The lowest BCUT2D eigenvalue weighted by atomic mass is 10.1. The number of aryl methyl sites for hydroxylation is 1. The van der Waals surface area contributed by atoms with Crippen LogP contribution in [0.15, 0.2) is 47.0 Å². The Morgan fingerprint density at radius 2 is 1.44 bits per heavy atom. The van der Waals surface area contributed by atoms with Crippen LogP contribution in [0.5, 0.6) is 0 Å². The van der Waals surface area contributed by atoms with Crippen molar-refractivity contribution in [3.8, 4) is 11.5 Å². The van der Waals surface area contributed by atoms with Crippen molar-refractivity contribution in [2.24, 2.45) is 0 Å². The third-order valence-electron chi connectivity index (χ3n) is 6.01. The van der Waals surface area contributed by atoms with E-state index in [0.717, 1.165) is 48.3 Å². The molecule has 0 bridgehead atoms. The minimum absolute atomic E-state index is 0.583. The molecule has 0 atom stereocenters. The fourth-order valence-electron chi connectivity index (χ4n) is 3.93. The maximum Gasteiger partial charge on any atom is 0.257 e. The van der Waals surface area contributed by atoms with Gasteiger partial charge in [-0.15, -0.1) is 0 Å². The largest absolute Gasteiger partial charge is 0.334 e. The van der Waals surface area contributed by atoms with Gasteiger partial charge >= 0.3 is 0 Å². The third kappa shape index (κ3) is 9.40.